The van der Waals surface area contributed by atoms with Crippen molar-refractivity contribution in [2.75, 3.05) is 5.88 Å². The van der Waals surface area contributed by atoms with Crippen molar-refractivity contribution in [2.45, 2.75) is 6.54 Å². The Labute approximate surface area is 96.4 Å². The number of nitrogens with two attached hydrogens (primary N) is 1. The molecule has 0 aliphatic rings. The van der Waals surface area contributed by atoms with Crippen molar-refractivity contribution in [3.63, 3.8) is 0 Å². The van der Waals surface area contributed by atoms with Crippen LogP contribution in [-0.2, 0) is 6.54 Å². The Balaban J connectivity index is 3.46. The summed E-state index contributed by atoms with van der Waals surface area (Å²) in [6.45, 7) is 0.0193. The van der Waals surface area contributed by atoms with E-state index in [2.05, 4.69) is 0 Å². The van der Waals surface area contributed by atoms with Crippen molar-refractivity contribution < 1.29 is 19.8 Å². The first-order valence-electron chi connectivity index (χ1n) is 4.40. The molecular formula is C10H10ClNO4. The maximum Gasteiger partial charge on any atom is 0.339 e. The number of ketones is 1. The number of carboxylic acids is 1. The normalized spacial score (nSPS) is 10.1. The van der Waals surface area contributed by atoms with E-state index in [9.17, 15) is 14.7 Å². The molecule has 4 N–H and O–H groups in total. The molecule has 0 aromatic heterocycles. The average Bonchev–Trinajstić information content (AvgIpc) is 2.26. The lowest BCUT2D eigenvalue weighted by molar-refractivity contribution is 0.0693. The van der Waals surface area contributed by atoms with Crippen LogP contribution in [0.4, 0.5) is 0 Å². The smallest absolute Gasteiger partial charge is 0.339 e. The molecule has 0 aliphatic heterocycles. The highest BCUT2D eigenvalue weighted by Gasteiger charge is 2.20. The third-order valence-corrected chi connectivity index (χ3v) is 2.36. The lowest BCUT2D eigenvalue weighted by Gasteiger charge is -2.09. The minimum absolute atomic E-state index is 0.0193. The molecule has 6 heteroatoms. The molecule has 0 radical (unpaired) electrons. The van der Waals surface area contributed by atoms with Crippen molar-refractivity contribution in [2.24, 2.45) is 5.73 Å². The van der Waals surface area contributed by atoms with Crippen LogP contribution in [0.15, 0.2) is 12.1 Å². The van der Waals surface area contributed by atoms with E-state index in [1.165, 1.54) is 12.1 Å². The van der Waals surface area contributed by atoms with E-state index >= 15 is 0 Å². The summed E-state index contributed by atoms with van der Waals surface area (Å²) in [7, 11) is 0. The largest absolute Gasteiger partial charge is 0.506 e. The van der Waals surface area contributed by atoms with Gasteiger partial charge in [-0.3, -0.25) is 4.79 Å². The van der Waals surface area contributed by atoms with Crippen molar-refractivity contribution in [3.05, 3.63) is 28.8 Å². The van der Waals surface area contributed by atoms with Gasteiger partial charge in [-0.1, -0.05) is 6.07 Å². The summed E-state index contributed by atoms with van der Waals surface area (Å²) < 4.78 is 0. The third-order valence-electron chi connectivity index (χ3n) is 2.11. The number of phenols is 1. The highest BCUT2D eigenvalue weighted by Crippen LogP contribution is 2.27. The Morgan fingerprint density at radius 3 is 2.44 bits per heavy atom. The molecule has 0 atom stereocenters. The maximum atomic E-state index is 11.4. The van der Waals surface area contributed by atoms with Crippen molar-refractivity contribution in [1.82, 2.24) is 0 Å². The second-order valence-electron chi connectivity index (χ2n) is 3.06. The highest BCUT2D eigenvalue weighted by molar-refractivity contribution is 6.31. The van der Waals surface area contributed by atoms with Gasteiger partial charge in [-0.25, -0.2) is 4.79 Å². The van der Waals surface area contributed by atoms with Crippen LogP contribution in [0.2, 0.25) is 0 Å². The van der Waals surface area contributed by atoms with Gasteiger partial charge in [0.15, 0.2) is 5.78 Å². The first-order valence-corrected chi connectivity index (χ1v) is 4.93. The summed E-state index contributed by atoms with van der Waals surface area (Å²) in [6, 6.07) is 2.59. The van der Waals surface area contributed by atoms with Crippen LogP contribution < -0.4 is 5.73 Å². The summed E-state index contributed by atoms with van der Waals surface area (Å²) in [6.07, 6.45) is 0. The third kappa shape index (κ3) is 2.15. The SMILES string of the molecule is NCc1ccc(C(=O)O)c(O)c1C(=O)CCl. The molecule has 0 amide bonds. The summed E-state index contributed by atoms with van der Waals surface area (Å²) in [5, 5.41) is 18.4. The van der Waals surface area contributed by atoms with Gasteiger partial charge in [-0.05, 0) is 11.6 Å². The zero-order valence-electron chi connectivity index (χ0n) is 8.24. The molecular weight excluding hydrogens is 234 g/mol. The van der Waals surface area contributed by atoms with Gasteiger partial charge >= 0.3 is 5.97 Å². The topological polar surface area (TPSA) is 101 Å². The Morgan fingerprint density at radius 2 is 2.00 bits per heavy atom. The molecule has 5 nitrogen and oxygen atoms in total. The van der Waals surface area contributed by atoms with Gasteiger partial charge in [0.05, 0.1) is 11.4 Å². The van der Waals surface area contributed by atoms with Crippen molar-refractivity contribution >= 4 is 23.4 Å². The fourth-order valence-electron chi connectivity index (χ4n) is 1.35. The second-order valence-corrected chi connectivity index (χ2v) is 3.33. The molecule has 86 valence electrons. The molecule has 0 unspecified atom stereocenters. The van der Waals surface area contributed by atoms with Gasteiger partial charge in [-0.15, -0.1) is 11.6 Å². The summed E-state index contributed by atoms with van der Waals surface area (Å²) >= 11 is 5.37. The quantitative estimate of drug-likeness (QED) is 0.540. The molecule has 0 spiro atoms. The van der Waals surface area contributed by atoms with Crippen LogP contribution in [0.3, 0.4) is 0 Å². The predicted molar refractivity (Wildman–Crippen MR) is 58.0 cm³/mol. The maximum absolute atomic E-state index is 11.4. The number of aromatic carboxylic acids is 1. The molecule has 0 fully saturated rings. The van der Waals surface area contributed by atoms with Gasteiger partial charge in [0.1, 0.15) is 11.3 Å². The first-order chi connectivity index (χ1) is 7.52. The molecule has 1 rings (SSSR count). The number of hydrogen-bond donors (Lipinski definition) is 3. The number of benzene rings is 1. The van der Waals surface area contributed by atoms with Gasteiger partial charge in [0.25, 0.3) is 0 Å². The van der Waals surface area contributed by atoms with Gasteiger partial charge in [0.2, 0.25) is 0 Å². The summed E-state index contributed by atoms with van der Waals surface area (Å²) in [4.78, 5) is 22.2. The minimum atomic E-state index is -1.32. The molecule has 0 saturated carbocycles. The fraction of sp³-hybridized carbons (Fsp3) is 0.200. The number of Topliss-reactive ketones (excluding diaryl/α,β-unsaturated/α-hetero) is 1. The molecule has 16 heavy (non-hydrogen) atoms. The van der Waals surface area contributed by atoms with E-state index in [0.29, 0.717) is 5.56 Å². The lowest BCUT2D eigenvalue weighted by Crippen LogP contribution is -2.11. The van der Waals surface area contributed by atoms with E-state index in [1.807, 2.05) is 0 Å². The monoisotopic (exact) mass is 243 g/mol. The van der Waals surface area contributed by atoms with E-state index in [4.69, 9.17) is 22.4 Å². The Kier molecular flexibility index (Phi) is 3.87. The summed E-state index contributed by atoms with van der Waals surface area (Å²) in [5.41, 5.74) is 5.30. The average molecular weight is 244 g/mol. The minimum Gasteiger partial charge on any atom is -0.506 e. The number of hydrogen-bond acceptors (Lipinski definition) is 4. The Bertz CT molecular complexity index is 445. The molecule has 0 bridgehead atoms. The van der Waals surface area contributed by atoms with E-state index < -0.39 is 17.5 Å². The van der Waals surface area contributed by atoms with Crippen molar-refractivity contribution in [1.29, 1.82) is 0 Å². The van der Waals surface area contributed by atoms with Crippen LogP contribution in [-0.4, -0.2) is 27.8 Å². The zero-order chi connectivity index (χ0) is 12.3. The van der Waals surface area contributed by atoms with Crippen LogP contribution in [0, 0.1) is 0 Å². The number of carbonyl (C=O) groups is 2. The predicted octanol–water partition coefficient (Wildman–Crippen LogP) is 0.971. The van der Waals surface area contributed by atoms with Crippen LogP contribution in [0.5, 0.6) is 5.75 Å². The fourth-order valence-corrected chi connectivity index (χ4v) is 1.49. The van der Waals surface area contributed by atoms with Crippen LogP contribution >= 0.6 is 11.6 Å². The number of alkyl halides is 1. The van der Waals surface area contributed by atoms with Gasteiger partial charge in [0, 0.05) is 6.54 Å². The first kappa shape index (κ1) is 12.5. The lowest BCUT2D eigenvalue weighted by atomic mass is 9.99. The Morgan fingerprint density at radius 1 is 1.38 bits per heavy atom. The molecule has 0 saturated heterocycles. The second kappa shape index (κ2) is 4.96. The van der Waals surface area contributed by atoms with Crippen LogP contribution in [0.1, 0.15) is 26.3 Å². The van der Waals surface area contributed by atoms with Gasteiger partial charge < -0.3 is 15.9 Å². The van der Waals surface area contributed by atoms with E-state index in [-0.39, 0.29) is 23.6 Å². The molecule has 0 heterocycles. The number of carbonyl (C=O) groups excluding carboxylic acids is 1. The number of halogens is 1. The van der Waals surface area contributed by atoms with Crippen LogP contribution in [0.25, 0.3) is 0 Å². The molecule has 1 aromatic carbocycles. The highest BCUT2D eigenvalue weighted by atomic mass is 35.5. The van der Waals surface area contributed by atoms with E-state index in [0.717, 1.165) is 0 Å². The van der Waals surface area contributed by atoms with E-state index in [1.54, 1.807) is 0 Å². The molecule has 1 aromatic rings. The summed E-state index contributed by atoms with van der Waals surface area (Å²) in [5.74, 6) is -2.79. The van der Waals surface area contributed by atoms with Gasteiger partial charge in [-0.2, -0.15) is 0 Å². The van der Waals surface area contributed by atoms with Crippen molar-refractivity contribution in [3.8, 4) is 5.75 Å². The molecule has 0 aliphatic carbocycles. The Hall–Kier alpha value is -1.59. The zero-order valence-corrected chi connectivity index (χ0v) is 8.99. The standard InChI is InChI=1S/C10H10ClNO4/c11-3-7(13)8-5(4-12)1-2-6(9(8)14)10(15)16/h1-2,14H,3-4,12H2,(H,15,16). The number of carboxylic acid groups (broad SMARTS) is 1. The number of aromatic hydroxyl groups is 1. The number of rotatable bonds is 4.